The molecule has 7 nitrogen and oxygen atoms in total. The fourth-order valence-electron chi connectivity index (χ4n) is 2.57. The van der Waals surface area contributed by atoms with E-state index < -0.39 is 30.4 Å². The molecule has 124 valence electrons. The summed E-state index contributed by atoms with van der Waals surface area (Å²) in [7, 11) is 1.46. The molecule has 0 aromatic rings. The van der Waals surface area contributed by atoms with E-state index in [1.54, 1.807) is 6.92 Å². The van der Waals surface area contributed by atoms with Crippen molar-refractivity contribution >= 4 is 0 Å². The second kappa shape index (κ2) is 6.87. The SMILES string of the molecule is CCOC(C)(OC[C@H]1O[C@H](OC)C(O)C(C)C1O)[C@@H]1CO1. The van der Waals surface area contributed by atoms with Gasteiger partial charge in [-0.05, 0) is 13.8 Å². The number of methoxy groups -OCH3 is 1. The number of hydrogen-bond acceptors (Lipinski definition) is 7. The molecule has 7 atom stereocenters. The molecule has 0 bridgehead atoms. The summed E-state index contributed by atoms with van der Waals surface area (Å²) in [6.45, 7) is 6.68. The summed E-state index contributed by atoms with van der Waals surface area (Å²) in [5, 5.41) is 20.2. The number of epoxide rings is 1. The molecule has 0 aromatic carbocycles. The molecule has 4 unspecified atom stereocenters. The van der Waals surface area contributed by atoms with Gasteiger partial charge in [0.25, 0.3) is 0 Å². The molecule has 2 fully saturated rings. The lowest BCUT2D eigenvalue weighted by atomic mass is 9.91. The Morgan fingerprint density at radius 3 is 2.43 bits per heavy atom. The van der Waals surface area contributed by atoms with Gasteiger partial charge in [-0.15, -0.1) is 0 Å². The maximum Gasteiger partial charge on any atom is 0.194 e. The number of rotatable bonds is 7. The third-order valence-electron chi connectivity index (χ3n) is 4.16. The van der Waals surface area contributed by atoms with E-state index in [0.717, 1.165) is 0 Å². The van der Waals surface area contributed by atoms with Crippen LogP contribution < -0.4 is 0 Å². The van der Waals surface area contributed by atoms with Gasteiger partial charge in [0.2, 0.25) is 0 Å². The van der Waals surface area contributed by atoms with E-state index in [2.05, 4.69) is 0 Å². The van der Waals surface area contributed by atoms with E-state index in [9.17, 15) is 10.2 Å². The van der Waals surface area contributed by atoms with Gasteiger partial charge >= 0.3 is 0 Å². The standard InChI is InChI=1S/C14H26O7/c1-5-19-14(3,10-7-18-10)20-6-9-11(15)8(2)12(16)13(17-4)21-9/h8-13,15-16H,5-7H2,1-4H3/t8?,9-,10+,11?,12?,13+,14?/m1/s1. The zero-order valence-electron chi connectivity index (χ0n) is 13.0. The van der Waals surface area contributed by atoms with Crippen LogP contribution in [-0.2, 0) is 23.7 Å². The molecule has 2 aliphatic heterocycles. The average molecular weight is 306 g/mol. The van der Waals surface area contributed by atoms with Crippen LogP contribution in [0.4, 0.5) is 0 Å². The first-order valence-corrected chi connectivity index (χ1v) is 7.36. The van der Waals surface area contributed by atoms with E-state index in [0.29, 0.717) is 13.2 Å². The third kappa shape index (κ3) is 3.73. The fraction of sp³-hybridized carbons (Fsp3) is 1.00. The topological polar surface area (TPSA) is 89.9 Å². The Labute approximate surface area is 125 Å². The first kappa shape index (κ1) is 17.1. The molecule has 21 heavy (non-hydrogen) atoms. The predicted octanol–water partition coefficient (Wildman–Crippen LogP) is -0.116. The summed E-state index contributed by atoms with van der Waals surface area (Å²) in [5.74, 6) is -1.22. The summed E-state index contributed by atoms with van der Waals surface area (Å²) < 4.78 is 27.3. The van der Waals surface area contributed by atoms with Crippen molar-refractivity contribution in [1.82, 2.24) is 0 Å². The highest BCUT2D eigenvalue weighted by molar-refractivity contribution is 4.89. The second-order valence-corrected chi connectivity index (χ2v) is 5.70. The first-order valence-electron chi connectivity index (χ1n) is 7.36. The van der Waals surface area contributed by atoms with Crippen LogP contribution >= 0.6 is 0 Å². The molecule has 2 saturated heterocycles. The Bertz CT molecular complexity index is 333. The van der Waals surface area contributed by atoms with E-state index in [-0.39, 0.29) is 18.6 Å². The number of aliphatic hydroxyl groups excluding tert-OH is 2. The molecule has 0 spiro atoms. The molecule has 0 saturated carbocycles. The number of aliphatic hydroxyl groups is 2. The minimum Gasteiger partial charge on any atom is -0.390 e. The highest BCUT2D eigenvalue weighted by Gasteiger charge is 2.48. The van der Waals surface area contributed by atoms with Gasteiger partial charge in [-0.2, -0.15) is 0 Å². The van der Waals surface area contributed by atoms with Crippen LogP contribution in [0.1, 0.15) is 20.8 Å². The minimum atomic E-state index is -0.869. The van der Waals surface area contributed by atoms with E-state index >= 15 is 0 Å². The lowest BCUT2D eigenvalue weighted by molar-refractivity contribution is -0.305. The molecule has 2 rings (SSSR count). The van der Waals surface area contributed by atoms with Crippen molar-refractivity contribution < 1.29 is 33.9 Å². The van der Waals surface area contributed by atoms with Crippen LogP contribution in [0.2, 0.25) is 0 Å². The Hall–Kier alpha value is -0.280. The maximum absolute atomic E-state index is 10.2. The minimum absolute atomic E-state index is 0.0978. The molecule has 2 N–H and O–H groups in total. The summed E-state index contributed by atoms with van der Waals surface area (Å²) in [6, 6.07) is 0. The third-order valence-corrected chi connectivity index (χ3v) is 4.16. The van der Waals surface area contributed by atoms with Gasteiger partial charge in [-0.3, -0.25) is 0 Å². The smallest absolute Gasteiger partial charge is 0.194 e. The molecular weight excluding hydrogens is 280 g/mol. The highest BCUT2D eigenvalue weighted by atomic mass is 16.7. The van der Waals surface area contributed by atoms with Crippen LogP contribution in [-0.4, -0.2) is 73.6 Å². The monoisotopic (exact) mass is 306 g/mol. The van der Waals surface area contributed by atoms with E-state index in [1.165, 1.54) is 7.11 Å². The molecule has 0 aliphatic carbocycles. The average Bonchev–Trinajstić information content (AvgIpc) is 3.29. The van der Waals surface area contributed by atoms with Crippen LogP contribution in [0.5, 0.6) is 0 Å². The van der Waals surface area contributed by atoms with Crippen molar-refractivity contribution in [2.24, 2.45) is 5.92 Å². The van der Waals surface area contributed by atoms with Crippen molar-refractivity contribution in [2.45, 2.75) is 57.3 Å². The van der Waals surface area contributed by atoms with Crippen molar-refractivity contribution in [3.63, 3.8) is 0 Å². The van der Waals surface area contributed by atoms with Crippen molar-refractivity contribution in [1.29, 1.82) is 0 Å². The van der Waals surface area contributed by atoms with Crippen molar-refractivity contribution in [3.8, 4) is 0 Å². The van der Waals surface area contributed by atoms with Crippen LogP contribution in [0.25, 0.3) is 0 Å². The van der Waals surface area contributed by atoms with Crippen molar-refractivity contribution in [2.75, 3.05) is 26.9 Å². The summed E-state index contributed by atoms with van der Waals surface area (Å²) in [5.41, 5.74) is 0. The lowest BCUT2D eigenvalue weighted by Crippen LogP contribution is -2.56. The van der Waals surface area contributed by atoms with Crippen LogP contribution in [0.15, 0.2) is 0 Å². The van der Waals surface area contributed by atoms with Gasteiger partial charge in [0.1, 0.15) is 18.3 Å². The maximum atomic E-state index is 10.2. The summed E-state index contributed by atoms with van der Waals surface area (Å²) in [6.07, 6.45) is -3.16. The predicted molar refractivity (Wildman–Crippen MR) is 72.6 cm³/mol. The molecule has 7 heteroatoms. The quantitative estimate of drug-likeness (QED) is 0.501. The normalized spacial score (nSPS) is 42.6. The number of hydrogen-bond donors (Lipinski definition) is 2. The first-order chi connectivity index (χ1) is 9.92. The lowest BCUT2D eigenvalue weighted by Gasteiger charge is -2.41. The molecule has 0 radical (unpaired) electrons. The molecule has 0 amide bonds. The summed E-state index contributed by atoms with van der Waals surface area (Å²) in [4.78, 5) is 0. The number of ether oxygens (including phenoxy) is 5. The fourth-order valence-corrected chi connectivity index (χ4v) is 2.57. The molecular formula is C14H26O7. The molecule has 2 aliphatic rings. The second-order valence-electron chi connectivity index (χ2n) is 5.70. The zero-order valence-corrected chi connectivity index (χ0v) is 13.0. The van der Waals surface area contributed by atoms with Crippen LogP contribution in [0.3, 0.4) is 0 Å². The van der Waals surface area contributed by atoms with E-state index in [4.69, 9.17) is 23.7 Å². The Morgan fingerprint density at radius 1 is 1.24 bits per heavy atom. The largest absolute Gasteiger partial charge is 0.390 e. The Morgan fingerprint density at radius 2 is 1.90 bits per heavy atom. The van der Waals surface area contributed by atoms with Crippen molar-refractivity contribution in [3.05, 3.63) is 0 Å². The Kier molecular flexibility index (Phi) is 5.59. The molecule has 0 aromatic heterocycles. The van der Waals surface area contributed by atoms with Gasteiger partial charge in [-0.25, -0.2) is 0 Å². The molecule has 2 heterocycles. The van der Waals surface area contributed by atoms with Gasteiger partial charge in [0, 0.05) is 19.6 Å². The van der Waals surface area contributed by atoms with Gasteiger partial charge in [0.15, 0.2) is 12.1 Å². The summed E-state index contributed by atoms with van der Waals surface area (Å²) >= 11 is 0. The zero-order chi connectivity index (χ0) is 15.6. The Balaban J connectivity index is 1.94. The van der Waals surface area contributed by atoms with Gasteiger partial charge in [0.05, 0.1) is 19.3 Å². The van der Waals surface area contributed by atoms with Gasteiger partial charge < -0.3 is 33.9 Å². The van der Waals surface area contributed by atoms with Crippen LogP contribution in [0, 0.1) is 5.92 Å². The van der Waals surface area contributed by atoms with E-state index in [1.807, 2.05) is 13.8 Å². The highest BCUT2D eigenvalue weighted by Crippen LogP contribution is 2.32. The van der Waals surface area contributed by atoms with Gasteiger partial charge in [-0.1, -0.05) is 6.92 Å².